The largest absolute Gasteiger partial charge is 0.497 e. The van der Waals surface area contributed by atoms with E-state index in [1.807, 2.05) is 24.3 Å². The standard InChI is InChI=1S/C21H18ClN5OS/c1-28-14-7-6-12-8-13(19(22)26-16(12)9-14)10-25-27-20-18-15-4-2-3-5-17(15)29-21(18)24-11-23-20/h6-11H,2-5H2,1H3,(H,23,24,27)/b25-10-. The first-order valence-corrected chi connectivity index (χ1v) is 10.6. The van der Waals surface area contributed by atoms with E-state index in [1.54, 1.807) is 31.0 Å². The van der Waals surface area contributed by atoms with Crippen LogP contribution in [0.3, 0.4) is 0 Å². The van der Waals surface area contributed by atoms with Crippen molar-refractivity contribution in [1.29, 1.82) is 0 Å². The molecule has 29 heavy (non-hydrogen) atoms. The summed E-state index contributed by atoms with van der Waals surface area (Å²) < 4.78 is 5.24. The number of halogens is 1. The molecule has 3 aromatic heterocycles. The van der Waals surface area contributed by atoms with Gasteiger partial charge < -0.3 is 4.74 Å². The lowest BCUT2D eigenvalue weighted by molar-refractivity contribution is 0.415. The van der Waals surface area contributed by atoms with Crippen molar-refractivity contribution in [1.82, 2.24) is 15.0 Å². The number of aryl methyl sites for hydroxylation is 2. The molecule has 4 aromatic rings. The van der Waals surface area contributed by atoms with Crippen molar-refractivity contribution in [2.45, 2.75) is 25.7 Å². The number of rotatable bonds is 4. The van der Waals surface area contributed by atoms with Crippen LogP contribution in [-0.2, 0) is 12.8 Å². The summed E-state index contributed by atoms with van der Waals surface area (Å²) >= 11 is 8.12. The summed E-state index contributed by atoms with van der Waals surface area (Å²) in [6.07, 6.45) is 7.91. The lowest BCUT2D eigenvalue weighted by atomic mass is 9.97. The molecule has 0 unspecified atom stereocenters. The Morgan fingerprint density at radius 2 is 2.10 bits per heavy atom. The molecule has 1 aliphatic carbocycles. The van der Waals surface area contributed by atoms with E-state index >= 15 is 0 Å². The molecule has 0 amide bonds. The lowest BCUT2D eigenvalue weighted by Gasteiger charge is -2.11. The highest BCUT2D eigenvalue weighted by atomic mass is 35.5. The van der Waals surface area contributed by atoms with Gasteiger partial charge in [-0.3, -0.25) is 5.43 Å². The Hall–Kier alpha value is -2.77. The molecule has 0 radical (unpaired) electrons. The second kappa shape index (κ2) is 7.57. The highest BCUT2D eigenvalue weighted by Gasteiger charge is 2.19. The van der Waals surface area contributed by atoms with Gasteiger partial charge in [-0.2, -0.15) is 5.10 Å². The Labute approximate surface area is 176 Å². The smallest absolute Gasteiger partial charge is 0.158 e. The van der Waals surface area contributed by atoms with Crippen molar-refractivity contribution < 1.29 is 4.74 Å². The van der Waals surface area contributed by atoms with Crippen LogP contribution in [0.5, 0.6) is 5.75 Å². The van der Waals surface area contributed by atoms with E-state index in [-0.39, 0.29) is 0 Å². The van der Waals surface area contributed by atoms with Crippen molar-refractivity contribution in [3.05, 3.63) is 51.7 Å². The summed E-state index contributed by atoms with van der Waals surface area (Å²) in [6, 6.07) is 7.66. The van der Waals surface area contributed by atoms with Gasteiger partial charge in [0.15, 0.2) is 5.82 Å². The molecule has 0 aliphatic heterocycles. The van der Waals surface area contributed by atoms with Crippen LogP contribution in [-0.4, -0.2) is 28.3 Å². The van der Waals surface area contributed by atoms with E-state index in [0.717, 1.165) is 51.1 Å². The van der Waals surface area contributed by atoms with E-state index in [9.17, 15) is 0 Å². The number of anilines is 1. The van der Waals surface area contributed by atoms with E-state index in [2.05, 4.69) is 25.5 Å². The third-order valence-electron chi connectivity index (χ3n) is 5.13. The Morgan fingerprint density at radius 3 is 3.00 bits per heavy atom. The molecule has 3 heterocycles. The van der Waals surface area contributed by atoms with Gasteiger partial charge in [-0.15, -0.1) is 11.3 Å². The molecule has 1 aliphatic rings. The zero-order chi connectivity index (χ0) is 19.8. The monoisotopic (exact) mass is 423 g/mol. The van der Waals surface area contributed by atoms with Crippen LogP contribution < -0.4 is 10.2 Å². The summed E-state index contributed by atoms with van der Waals surface area (Å²) in [7, 11) is 1.63. The van der Waals surface area contributed by atoms with Gasteiger partial charge in [0.25, 0.3) is 0 Å². The van der Waals surface area contributed by atoms with Crippen LogP contribution in [0.25, 0.3) is 21.1 Å². The van der Waals surface area contributed by atoms with Crippen LogP contribution in [0, 0.1) is 0 Å². The summed E-state index contributed by atoms with van der Waals surface area (Å²) in [5.74, 6) is 1.48. The number of pyridine rings is 1. The third-order valence-corrected chi connectivity index (χ3v) is 6.63. The fourth-order valence-electron chi connectivity index (χ4n) is 3.70. The maximum Gasteiger partial charge on any atom is 0.158 e. The number of nitrogens with zero attached hydrogens (tertiary/aromatic N) is 4. The van der Waals surface area contributed by atoms with Crippen molar-refractivity contribution in [2.75, 3.05) is 12.5 Å². The van der Waals surface area contributed by atoms with Gasteiger partial charge in [-0.05, 0) is 49.4 Å². The molecule has 1 aromatic carbocycles. The van der Waals surface area contributed by atoms with Crippen LogP contribution in [0.4, 0.5) is 5.82 Å². The van der Waals surface area contributed by atoms with Gasteiger partial charge in [-0.1, -0.05) is 11.6 Å². The zero-order valence-electron chi connectivity index (χ0n) is 15.8. The van der Waals surface area contributed by atoms with E-state index in [1.165, 1.54) is 23.3 Å². The first-order valence-electron chi connectivity index (χ1n) is 9.41. The Bertz CT molecular complexity index is 1250. The van der Waals surface area contributed by atoms with E-state index in [4.69, 9.17) is 16.3 Å². The molecule has 8 heteroatoms. The normalized spacial score (nSPS) is 13.9. The molecule has 0 saturated carbocycles. The van der Waals surface area contributed by atoms with Crippen LogP contribution in [0.15, 0.2) is 35.7 Å². The number of aromatic nitrogens is 3. The minimum absolute atomic E-state index is 0.386. The number of hydrogen-bond donors (Lipinski definition) is 1. The molecule has 6 nitrogen and oxygen atoms in total. The van der Waals surface area contributed by atoms with Crippen molar-refractivity contribution in [3.8, 4) is 5.75 Å². The number of thiophene rings is 1. The molecule has 0 bridgehead atoms. The highest BCUT2D eigenvalue weighted by molar-refractivity contribution is 7.19. The predicted molar refractivity (Wildman–Crippen MR) is 119 cm³/mol. The number of ether oxygens (including phenoxy) is 1. The molecule has 1 N–H and O–H groups in total. The topological polar surface area (TPSA) is 72.3 Å². The van der Waals surface area contributed by atoms with Crippen molar-refractivity contribution >= 4 is 56.1 Å². The Balaban J connectivity index is 1.45. The van der Waals surface area contributed by atoms with Crippen molar-refractivity contribution in [3.63, 3.8) is 0 Å². The Morgan fingerprint density at radius 1 is 1.21 bits per heavy atom. The molecular weight excluding hydrogens is 406 g/mol. The number of hydrogen-bond acceptors (Lipinski definition) is 7. The minimum Gasteiger partial charge on any atom is -0.497 e. The molecule has 0 atom stereocenters. The zero-order valence-corrected chi connectivity index (χ0v) is 17.3. The molecule has 0 spiro atoms. The molecular formula is C21H18ClN5OS. The SMILES string of the molecule is COc1ccc2cc(/C=N\Nc3ncnc4sc5c(c34)CCCC5)c(Cl)nc2c1. The van der Waals surface area contributed by atoms with E-state index in [0.29, 0.717) is 5.15 Å². The van der Waals surface area contributed by atoms with Crippen LogP contribution in [0.2, 0.25) is 5.15 Å². The Kier molecular flexibility index (Phi) is 4.77. The fourth-order valence-corrected chi connectivity index (χ4v) is 5.12. The van der Waals surface area contributed by atoms with Gasteiger partial charge in [0, 0.05) is 21.9 Å². The van der Waals surface area contributed by atoms with Crippen LogP contribution in [0.1, 0.15) is 28.8 Å². The number of hydrazone groups is 1. The molecule has 146 valence electrons. The molecule has 0 saturated heterocycles. The lowest BCUT2D eigenvalue weighted by Crippen LogP contribution is -2.01. The van der Waals surface area contributed by atoms with Gasteiger partial charge in [0.2, 0.25) is 0 Å². The second-order valence-electron chi connectivity index (χ2n) is 6.91. The summed E-state index contributed by atoms with van der Waals surface area (Å²) in [5, 5.41) is 6.83. The average Bonchev–Trinajstić information content (AvgIpc) is 3.13. The van der Waals surface area contributed by atoms with Crippen LogP contribution >= 0.6 is 22.9 Å². The first kappa shape index (κ1) is 18.3. The number of benzene rings is 1. The maximum atomic E-state index is 6.36. The quantitative estimate of drug-likeness (QED) is 0.276. The predicted octanol–water partition coefficient (Wildman–Crippen LogP) is 5.23. The van der Waals surface area contributed by atoms with E-state index < -0.39 is 0 Å². The number of methoxy groups -OCH3 is 1. The first-order chi connectivity index (χ1) is 14.2. The van der Waals surface area contributed by atoms with Crippen molar-refractivity contribution in [2.24, 2.45) is 5.10 Å². The number of fused-ring (bicyclic) bond motifs is 4. The summed E-state index contributed by atoms with van der Waals surface area (Å²) in [6.45, 7) is 0. The van der Waals surface area contributed by atoms with Gasteiger partial charge in [0.05, 0.1) is 24.2 Å². The second-order valence-corrected chi connectivity index (χ2v) is 8.35. The van der Waals surface area contributed by atoms with Gasteiger partial charge in [-0.25, -0.2) is 15.0 Å². The van der Waals surface area contributed by atoms with Gasteiger partial charge in [0.1, 0.15) is 22.1 Å². The fraction of sp³-hybridized carbons (Fsp3) is 0.238. The number of nitrogens with one attached hydrogen (secondary N) is 1. The minimum atomic E-state index is 0.386. The summed E-state index contributed by atoms with van der Waals surface area (Å²) in [5.41, 5.74) is 5.96. The van der Waals surface area contributed by atoms with Gasteiger partial charge >= 0.3 is 0 Å². The highest BCUT2D eigenvalue weighted by Crippen LogP contribution is 2.38. The molecule has 0 fully saturated rings. The maximum absolute atomic E-state index is 6.36. The molecule has 5 rings (SSSR count). The average molecular weight is 424 g/mol. The third kappa shape index (κ3) is 3.41. The summed E-state index contributed by atoms with van der Waals surface area (Å²) in [4.78, 5) is 15.8.